The predicted octanol–water partition coefficient (Wildman–Crippen LogP) is 6.04. The van der Waals surface area contributed by atoms with Crippen LogP contribution in [0.15, 0.2) is 0 Å². The number of nitrogens with one attached hydrogen (secondary N) is 1. The number of carbonyl (C=O) groups is 3. The van der Waals surface area contributed by atoms with Crippen LogP contribution in [0.5, 0.6) is 0 Å². The maximum atomic E-state index is 11.8. The van der Waals surface area contributed by atoms with E-state index in [4.69, 9.17) is 24.4 Å². The Bertz CT molecular complexity index is 730. The third-order valence-electron chi connectivity index (χ3n) is 6.21. The number of hydrogen-bond acceptors (Lipinski definition) is 10. The summed E-state index contributed by atoms with van der Waals surface area (Å²) < 4.78 is 19.1. The van der Waals surface area contributed by atoms with Gasteiger partial charge in [-0.05, 0) is 139 Å². The zero-order valence-electron chi connectivity index (χ0n) is 27.8. The summed E-state index contributed by atoms with van der Waals surface area (Å²) >= 11 is 0. The lowest BCUT2D eigenvalue weighted by atomic mass is 9.92. The predicted molar refractivity (Wildman–Crippen MR) is 162 cm³/mol. The minimum atomic E-state index is -1.06. The molecule has 1 amide bonds. The second-order valence-electron chi connectivity index (χ2n) is 13.9. The third kappa shape index (κ3) is 23.5. The molecule has 0 bridgehead atoms. The number of hydrogen-bond donors (Lipinski definition) is 3. The monoisotopic (exact) mass is 604 g/mol. The summed E-state index contributed by atoms with van der Waals surface area (Å²) in [5.41, 5.74) is -1.80. The Kier molecular flexibility index (Phi) is 19.0. The van der Waals surface area contributed by atoms with Gasteiger partial charge in [0.2, 0.25) is 0 Å². The second kappa shape index (κ2) is 20.0. The molecule has 0 atom stereocenters. The van der Waals surface area contributed by atoms with Crippen molar-refractivity contribution in [3.05, 3.63) is 0 Å². The first kappa shape index (κ1) is 39.9. The highest BCUT2D eigenvalue weighted by Crippen LogP contribution is 2.23. The molecule has 0 spiro atoms. The van der Waals surface area contributed by atoms with Gasteiger partial charge in [0.15, 0.2) is 0 Å². The van der Waals surface area contributed by atoms with Crippen molar-refractivity contribution in [3.63, 3.8) is 0 Å². The van der Waals surface area contributed by atoms with Crippen LogP contribution < -0.4 is 5.32 Å². The molecule has 0 radical (unpaired) electrons. The van der Waals surface area contributed by atoms with Crippen LogP contribution in [0.2, 0.25) is 0 Å². The Hall–Kier alpha value is -2.11. The van der Waals surface area contributed by atoms with Crippen molar-refractivity contribution in [2.24, 2.45) is 11.8 Å². The van der Waals surface area contributed by atoms with Crippen molar-refractivity contribution >= 4 is 18.4 Å². The molecule has 0 aromatic rings. The SMILES string of the molecule is CC(C)(C)OC(=O)N1CCC(CCCO)CC1.CC(C)(C)OC(=O)OC(=O)OC(C)(C)C.OCCCC1CCNCC1. The molecular weight excluding hydrogens is 544 g/mol. The molecule has 248 valence electrons. The molecule has 0 aliphatic carbocycles. The van der Waals surface area contributed by atoms with Gasteiger partial charge in [0.05, 0.1) is 0 Å². The molecule has 0 aromatic heterocycles. The summed E-state index contributed by atoms with van der Waals surface area (Å²) in [6.45, 7) is 20.2. The lowest BCUT2D eigenvalue weighted by Gasteiger charge is -2.33. The molecule has 2 heterocycles. The topological polar surface area (TPSA) is 144 Å². The van der Waals surface area contributed by atoms with E-state index in [1.165, 1.54) is 32.4 Å². The van der Waals surface area contributed by atoms with E-state index in [1.54, 1.807) is 46.4 Å². The molecule has 2 aliphatic heterocycles. The number of ether oxygens (including phenoxy) is 4. The van der Waals surface area contributed by atoms with Gasteiger partial charge >= 0.3 is 18.4 Å². The maximum absolute atomic E-state index is 11.8. The van der Waals surface area contributed by atoms with Crippen LogP contribution in [-0.4, -0.2) is 89.7 Å². The van der Waals surface area contributed by atoms with Gasteiger partial charge in [-0.3, -0.25) is 0 Å². The number of rotatable bonds is 6. The van der Waals surface area contributed by atoms with Gasteiger partial charge in [0, 0.05) is 26.3 Å². The van der Waals surface area contributed by atoms with Crippen LogP contribution in [0.3, 0.4) is 0 Å². The zero-order valence-corrected chi connectivity index (χ0v) is 27.8. The van der Waals surface area contributed by atoms with Crippen molar-refractivity contribution < 1.29 is 43.5 Å². The lowest BCUT2D eigenvalue weighted by Crippen LogP contribution is -2.41. The number of nitrogens with zero attached hydrogens (tertiary/aromatic N) is 1. The smallest absolute Gasteiger partial charge is 0.444 e. The summed E-state index contributed by atoms with van der Waals surface area (Å²) in [5.74, 6) is 1.54. The maximum Gasteiger partial charge on any atom is 0.519 e. The number of carbonyl (C=O) groups excluding carboxylic acids is 3. The van der Waals surface area contributed by atoms with Crippen LogP contribution in [-0.2, 0) is 18.9 Å². The van der Waals surface area contributed by atoms with E-state index in [1.807, 2.05) is 20.8 Å². The largest absolute Gasteiger partial charge is 0.519 e. The first-order valence-corrected chi connectivity index (χ1v) is 15.4. The summed E-state index contributed by atoms with van der Waals surface area (Å²) in [4.78, 5) is 35.6. The van der Waals surface area contributed by atoms with Gasteiger partial charge in [-0.2, -0.15) is 0 Å². The summed E-state index contributed by atoms with van der Waals surface area (Å²) in [6.07, 6.45) is 6.50. The fourth-order valence-corrected chi connectivity index (χ4v) is 4.27. The molecule has 2 aliphatic rings. The molecule has 11 heteroatoms. The van der Waals surface area contributed by atoms with E-state index in [0.717, 1.165) is 51.1 Å². The molecule has 2 fully saturated rings. The van der Waals surface area contributed by atoms with Crippen LogP contribution in [0.1, 0.15) is 114 Å². The zero-order chi connectivity index (χ0) is 32.4. The van der Waals surface area contributed by atoms with E-state index in [0.29, 0.717) is 12.5 Å². The summed E-state index contributed by atoms with van der Waals surface area (Å²) in [5, 5.41) is 20.7. The van der Waals surface area contributed by atoms with Crippen LogP contribution in [0, 0.1) is 11.8 Å². The molecule has 0 unspecified atom stereocenters. The molecule has 2 rings (SSSR count). The second-order valence-corrected chi connectivity index (χ2v) is 13.9. The number of aliphatic hydroxyl groups is 2. The Morgan fingerprint density at radius 1 is 0.667 bits per heavy atom. The third-order valence-corrected chi connectivity index (χ3v) is 6.21. The molecule has 42 heavy (non-hydrogen) atoms. The van der Waals surface area contributed by atoms with E-state index in [-0.39, 0.29) is 12.7 Å². The quantitative estimate of drug-likeness (QED) is 0.186. The summed E-state index contributed by atoms with van der Waals surface area (Å²) in [7, 11) is 0. The Balaban J connectivity index is 0.000000620. The highest BCUT2D eigenvalue weighted by atomic mass is 16.8. The van der Waals surface area contributed by atoms with E-state index in [2.05, 4.69) is 10.1 Å². The molecule has 0 aromatic carbocycles. The van der Waals surface area contributed by atoms with Gasteiger partial charge in [0.1, 0.15) is 16.8 Å². The molecule has 0 saturated carbocycles. The van der Waals surface area contributed by atoms with E-state index < -0.39 is 29.1 Å². The number of piperidine rings is 2. The molecule has 11 nitrogen and oxygen atoms in total. The standard InChI is InChI=1S/C13H25NO3.C10H18O5.C8H17NO/c1-13(2,3)17-12(16)14-8-6-11(7-9-14)5-4-10-15;1-9(2,3)14-7(11)13-8(12)15-10(4,5)6;10-7-1-2-8-3-5-9-6-4-8/h11,15H,4-10H2,1-3H3;1-6H3;8-10H,1-7H2. The highest BCUT2D eigenvalue weighted by molar-refractivity contribution is 5.77. The van der Waals surface area contributed by atoms with Crippen LogP contribution in [0.25, 0.3) is 0 Å². The van der Waals surface area contributed by atoms with Crippen molar-refractivity contribution in [1.29, 1.82) is 0 Å². The Morgan fingerprint density at radius 3 is 1.40 bits per heavy atom. The molecule has 3 N–H and O–H groups in total. The van der Waals surface area contributed by atoms with Crippen LogP contribution >= 0.6 is 0 Å². The van der Waals surface area contributed by atoms with Crippen molar-refractivity contribution in [2.45, 2.75) is 130 Å². The average molecular weight is 605 g/mol. The number of aliphatic hydroxyl groups excluding tert-OH is 2. The Morgan fingerprint density at radius 2 is 1.05 bits per heavy atom. The normalized spacial score (nSPS) is 16.7. The van der Waals surface area contributed by atoms with Crippen LogP contribution in [0.4, 0.5) is 14.4 Å². The first-order valence-electron chi connectivity index (χ1n) is 15.4. The van der Waals surface area contributed by atoms with Gasteiger partial charge in [-0.1, -0.05) is 0 Å². The van der Waals surface area contributed by atoms with E-state index >= 15 is 0 Å². The lowest BCUT2D eigenvalue weighted by molar-refractivity contribution is -0.0294. The number of amides is 1. The first-order chi connectivity index (χ1) is 19.3. The Labute approximate surface area is 254 Å². The summed E-state index contributed by atoms with van der Waals surface area (Å²) in [6, 6.07) is 0. The van der Waals surface area contributed by atoms with Gasteiger partial charge in [-0.25, -0.2) is 14.4 Å². The number of likely N-dealkylation sites (tertiary alicyclic amines) is 1. The van der Waals surface area contributed by atoms with E-state index in [9.17, 15) is 14.4 Å². The van der Waals surface area contributed by atoms with Crippen molar-refractivity contribution in [3.8, 4) is 0 Å². The van der Waals surface area contributed by atoms with Gasteiger partial charge < -0.3 is 39.4 Å². The minimum Gasteiger partial charge on any atom is -0.444 e. The fourth-order valence-electron chi connectivity index (χ4n) is 4.27. The minimum absolute atomic E-state index is 0.196. The molecular formula is C31H60N2O9. The molecule has 2 saturated heterocycles. The fraction of sp³-hybridized carbons (Fsp3) is 0.903. The van der Waals surface area contributed by atoms with Crippen molar-refractivity contribution in [2.75, 3.05) is 39.4 Å². The van der Waals surface area contributed by atoms with Gasteiger partial charge in [-0.15, -0.1) is 0 Å². The highest BCUT2D eigenvalue weighted by Gasteiger charge is 2.27. The van der Waals surface area contributed by atoms with Gasteiger partial charge in [0.25, 0.3) is 0 Å². The average Bonchev–Trinajstić information content (AvgIpc) is 2.84. The van der Waals surface area contributed by atoms with Crippen molar-refractivity contribution in [1.82, 2.24) is 10.2 Å².